The van der Waals surface area contributed by atoms with Crippen molar-refractivity contribution in [2.24, 2.45) is 0 Å². The van der Waals surface area contributed by atoms with Crippen molar-refractivity contribution in [3.05, 3.63) is 76.6 Å². The van der Waals surface area contributed by atoms with Gasteiger partial charge in [0, 0.05) is 18.7 Å². The quantitative estimate of drug-likeness (QED) is 0.506. The van der Waals surface area contributed by atoms with Gasteiger partial charge in [-0.25, -0.2) is 4.68 Å². The number of rotatable bonds is 9. The average molecular weight is 428 g/mol. The van der Waals surface area contributed by atoms with Gasteiger partial charge in [0.25, 0.3) is 5.91 Å². The molecule has 0 saturated heterocycles. The summed E-state index contributed by atoms with van der Waals surface area (Å²) in [5.41, 5.74) is 3.23. The predicted molar refractivity (Wildman–Crippen MR) is 118 cm³/mol. The van der Waals surface area contributed by atoms with E-state index in [0.717, 1.165) is 22.7 Å². The van der Waals surface area contributed by atoms with E-state index < -0.39 is 0 Å². The summed E-state index contributed by atoms with van der Waals surface area (Å²) in [4.78, 5) is 12.9. The van der Waals surface area contributed by atoms with Crippen LogP contribution in [0.4, 0.5) is 0 Å². The fourth-order valence-corrected chi connectivity index (χ4v) is 3.27. The molecule has 6 nitrogen and oxygen atoms in total. The monoisotopic (exact) mass is 427 g/mol. The Morgan fingerprint density at radius 2 is 1.93 bits per heavy atom. The minimum atomic E-state index is -0.162. The number of ether oxygens (including phenoxy) is 2. The van der Waals surface area contributed by atoms with E-state index in [9.17, 15) is 4.79 Å². The van der Waals surface area contributed by atoms with E-state index in [2.05, 4.69) is 10.4 Å². The predicted octanol–water partition coefficient (Wildman–Crippen LogP) is 4.60. The summed E-state index contributed by atoms with van der Waals surface area (Å²) >= 11 is 5.99. The molecule has 2 aromatic carbocycles. The van der Waals surface area contributed by atoms with Crippen molar-refractivity contribution in [2.45, 2.75) is 26.3 Å². The standard InChI is InChI=1S/C23H26ClN3O3/c1-16(2)22-21(15-26-27(22)19-9-7-18(24)8-10-19)23(28)25-14-17-5-4-6-20(13-17)30-12-11-29-3/h4-10,13,15-16H,11-12,14H2,1-3H3,(H,25,28). The molecule has 0 aliphatic heterocycles. The molecule has 0 unspecified atom stereocenters. The lowest BCUT2D eigenvalue weighted by Gasteiger charge is -2.13. The van der Waals surface area contributed by atoms with Gasteiger partial charge in [-0.15, -0.1) is 0 Å². The number of nitrogens with zero attached hydrogens (tertiary/aromatic N) is 2. The highest BCUT2D eigenvalue weighted by Gasteiger charge is 2.20. The number of hydrogen-bond acceptors (Lipinski definition) is 4. The van der Waals surface area contributed by atoms with Gasteiger partial charge in [-0.2, -0.15) is 5.10 Å². The summed E-state index contributed by atoms with van der Waals surface area (Å²) < 4.78 is 12.4. The number of aromatic nitrogens is 2. The number of amides is 1. The number of halogens is 1. The summed E-state index contributed by atoms with van der Waals surface area (Å²) in [6.45, 7) is 5.48. The van der Waals surface area contributed by atoms with Gasteiger partial charge in [0.1, 0.15) is 12.4 Å². The summed E-state index contributed by atoms with van der Waals surface area (Å²) in [6, 6.07) is 15.0. The van der Waals surface area contributed by atoms with E-state index >= 15 is 0 Å². The molecule has 7 heteroatoms. The maximum atomic E-state index is 12.9. The molecule has 1 heterocycles. The zero-order valence-corrected chi connectivity index (χ0v) is 18.1. The Kier molecular flexibility index (Phi) is 7.49. The highest BCUT2D eigenvalue weighted by molar-refractivity contribution is 6.30. The molecule has 30 heavy (non-hydrogen) atoms. The molecule has 0 saturated carbocycles. The lowest BCUT2D eigenvalue weighted by Crippen LogP contribution is -2.24. The second kappa shape index (κ2) is 10.3. The fourth-order valence-electron chi connectivity index (χ4n) is 3.14. The lowest BCUT2D eigenvalue weighted by molar-refractivity contribution is 0.0949. The van der Waals surface area contributed by atoms with Gasteiger partial charge in [0.2, 0.25) is 0 Å². The van der Waals surface area contributed by atoms with Crippen LogP contribution in [0, 0.1) is 0 Å². The molecule has 0 aliphatic rings. The van der Waals surface area contributed by atoms with Crippen LogP contribution in [0.5, 0.6) is 5.75 Å². The van der Waals surface area contributed by atoms with Crippen LogP contribution in [0.2, 0.25) is 5.02 Å². The fraction of sp³-hybridized carbons (Fsp3) is 0.304. The minimum absolute atomic E-state index is 0.112. The van der Waals surface area contributed by atoms with E-state index in [1.807, 2.05) is 62.4 Å². The molecule has 0 radical (unpaired) electrons. The van der Waals surface area contributed by atoms with Crippen LogP contribution in [-0.2, 0) is 11.3 Å². The molecular weight excluding hydrogens is 402 g/mol. The number of methoxy groups -OCH3 is 1. The minimum Gasteiger partial charge on any atom is -0.491 e. The molecule has 3 aromatic rings. The van der Waals surface area contributed by atoms with Gasteiger partial charge < -0.3 is 14.8 Å². The largest absolute Gasteiger partial charge is 0.491 e. The Morgan fingerprint density at radius 1 is 1.17 bits per heavy atom. The van der Waals surface area contributed by atoms with E-state index in [1.54, 1.807) is 18.0 Å². The Balaban J connectivity index is 1.73. The topological polar surface area (TPSA) is 65.4 Å². The van der Waals surface area contributed by atoms with E-state index in [4.69, 9.17) is 21.1 Å². The SMILES string of the molecule is COCCOc1cccc(CNC(=O)c2cnn(-c3ccc(Cl)cc3)c2C(C)C)c1. The van der Waals surface area contributed by atoms with Crippen molar-refractivity contribution in [1.82, 2.24) is 15.1 Å². The van der Waals surface area contributed by atoms with Crippen molar-refractivity contribution < 1.29 is 14.3 Å². The van der Waals surface area contributed by atoms with Crippen LogP contribution in [0.1, 0.15) is 41.4 Å². The average Bonchev–Trinajstić information content (AvgIpc) is 3.19. The van der Waals surface area contributed by atoms with Gasteiger partial charge in [0.05, 0.1) is 29.7 Å². The van der Waals surface area contributed by atoms with Crippen molar-refractivity contribution in [3.63, 3.8) is 0 Å². The summed E-state index contributed by atoms with van der Waals surface area (Å²) in [6.07, 6.45) is 1.61. The highest BCUT2D eigenvalue weighted by Crippen LogP contribution is 2.24. The number of carbonyl (C=O) groups excluding carboxylic acids is 1. The van der Waals surface area contributed by atoms with Crippen LogP contribution in [0.15, 0.2) is 54.7 Å². The maximum absolute atomic E-state index is 12.9. The molecule has 0 spiro atoms. The van der Waals surface area contributed by atoms with Crippen molar-refractivity contribution in [2.75, 3.05) is 20.3 Å². The van der Waals surface area contributed by atoms with Gasteiger partial charge in [-0.05, 0) is 47.9 Å². The maximum Gasteiger partial charge on any atom is 0.255 e. The van der Waals surface area contributed by atoms with Crippen LogP contribution < -0.4 is 10.1 Å². The van der Waals surface area contributed by atoms with Gasteiger partial charge in [-0.3, -0.25) is 4.79 Å². The highest BCUT2D eigenvalue weighted by atomic mass is 35.5. The Morgan fingerprint density at radius 3 is 2.63 bits per heavy atom. The van der Waals surface area contributed by atoms with Gasteiger partial charge in [-0.1, -0.05) is 37.6 Å². The summed E-state index contributed by atoms with van der Waals surface area (Å²) in [5.74, 6) is 0.697. The lowest BCUT2D eigenvalue weighted by atomic mass is 10.0. The van der Waals surface area contributed by atoms with Crippen LogP contribution in [0.3, 0.4) is 0 Å². The Hall–Kier alpha value is -2.83. The second-order valence-electron chi connectivity index (χ2n) is 7.16. The summed E-state index contributed by atoms with van der Waals surface area (Å²) in [7, 11) is 1.63. The van der Waals surface area contributed by atoms with Crippen LogP contribution in [0.25, 0.3) is 5.69 Å². The normalized spacial score (nSPS) is 11.0. The smallest absolute Gasteiger partial charge is 0.255 e. The Bertz CT molecular complexity index is 984. The van der Waals surface area contributed by atoms with Gasteiger partial charge >= 0.3 is 0 Å². The molecule has 0 atom stereocenters. The number of benzene rings is 2. The zero-order valence-electron chi connectivity index (χ0n) is 17.4. The number of hydrogen-bond donors (Lipinski definition) is 1. The molecule has 0 bridgehead atoms. The van der Waals surface area contributed by atoms with Crippen molar-refractivity contribution >= 4 is 17.5 Å². The third-order valence-electron chi connectivity index (χ3n) is 4.58. The first-order valence-electron chi connectivity index (χ1n) is 9.82. The molecular formula is C23H26ClN3O3. The first-order chi connectivity index (χ1) is 14.5. The molecule has 1 N–H and O–H groups in total. The van der Waals surface area contributed by atoms with E-state index in [0.29, 0.717) is 30.3 Å². The zero-order chi connectivity index (χ0) is 21.5. The Labute approximate surface area is 181 Å². The first-order valence-corrected chi connectivity index (χ1v) is 10.2. The number of nitrogens with one attached hydrogen (secondary N) is 1. The molecule has 158 valence electrons. The molecule has 0 aliphatic carbocycles. The van der Waals surface area contributed by atoms with Crippen molar-refractivity contribution in [3.8, 4) is 11.4 Å². The van der Waals surface area contributed by atoms with Crippen molar-refractivity contribution in [1.29, 1.82) is 0 Å². The van der Waals surface area contributed by atoms with Gasteiger partial charge in [0.15, 0.2) is 0 Å². The first kappa shape index (κ1) is 21.9. The van der Waals surface area contributed by atoms with E-state index in [-0.39, 0.29) is 11.8 Å². The number of carbonyl (C=O) groups is 1. The molecule has 0 fully saturated rings. The summed E-state index contributed by atoms with van der Waals surface area (Å²) in [5, 5.41) is 8.09. The third kappa shape index (κ3) is 5.40. The van der Waals surface area contributed by atoms with Crippen LogP contribution in [-0.4, -0.2) is 36.0 Å². The second-order valence-corrected chi connectivity index (χ2v) is 7.59. The van der Waals surface area contributed by atoms with E-state index in [1.165, 1.54) is 0 Å². The molecule has 1 aromatic heterocycles. The third-order valence-corrected chi connectivity index (χ3v) is 4.83. The molecule has 3 rings (SSSR count). The molecule has 1 amide bonds. The van der Waals surface area contributed by atoms with Crippen LogP contribution >= 0.6 is 11.6 Å².